The molecule has 0 bridgehead atoms. The number of halogens is 1. The molecule has 0 spiro atoms. The molecule has 118 valence electrons. The van der Waals surface area contributed by atoms with Crippen LogP contribution in [0.3, 0.4) is 0 Å². The topological polar surface area (TPSA) is 46.5 Å². The van der Waals surface area contributed by atoms with Crippen LogP contribution in [0, 0.1) is 0 Å². The van der Waals surface area contributed by atoms with Gasteiger partial charge in [0.2, 0.25) is 0 Å². The van der Waals surface area contributed by atoms with Crippen LogP contribution in [0.5, 0.6) is 0 Å². The SMILES string of the molecule is CC=C(O)C(=O)OCCC[N+](C)(C)Cc1ccccc1.[Cl-]. The highest BCUT2D eigenvalue weighted by molar-refractivity contribution is 5.85. The van der Waals surface area contributed by atoms with Crippen molar-refractivity contribution in [3.05, 3.63) is 47.7 Å². The van der Waals surface area contributed by atoms with Crippen LogP contribution in [0.4, 0.5) is 0 Å². The smallest absolute Gasteiger partial charge is 0.373 e. The molecule has 0 radical (unpaired) electrons. The predicted molar refractivity (Wildman–Crippen MR) is 79.1 cm³/mol. The number of rotatable bonds is 7. The maximum Gasteiger partial charge on any atom is 0.373 e. The molecule has 0 saturated carbocycles. The first-order chi connectivity index (χ1) is 9.44. The molecule has 0 aliphatic rings. The van der Waals surface area contributed by atoms with Crippen molar-refractivity contribution in [1.82, 2.24) is 0 Å². The molecule has 0 aliphatic heterocycles. The molecule has 0 heterocycles. The number of aliphatic hydroxyl groups excluding tert-OH is 1. The summed E-state index contributed by atoms with van der Waals surface area (Å²) in [6.07, 6.45) is 2.10. The van der Waals surface area contributed by atoms with E-state index < -0.39 is 5.97 Å². The minimum atomic E-state index is -0.652. The van der Waals surface area contributed by atoms with E-state index in [4.69, 9.17) is 9.84 Å². The fourth-order valence-electron chi connectivity index (χ4n) is 2.01. The highest BCUT2D eigenvalue weighted by Gasteiger charge is 2.16. The third kappa shape index (κ3) is 7.73. The molecule has 4 nitrogen and oxygen atoms in total. The summed E-state index contributed by atoms with van der Waals surface area (Å²) in [7, 11) is 4.30. The zero-order chi connectivity index (χ0) is 15.0. The Labute approximate surface area is 133 Å². The van der Waals surface area contributed by atoms with Crippen LogP contribution < -0.4 is 12.4 Å². The van der Waals surface area contributed by atoms with Gasteiger partial charge in [0.15, 0.2) is 5.76 Å². The number of allylic oxidation sites excluding steroid dienone is 1. The molecule has 1 rings (SSSR count). The molecule has 1 aromatic rings. The van der Waals surface area contributed by atoms with Crippen LogP contribution in [0.25, 0.3) is 0 Å². The minimum Gasteiger partial charge on any atom is -1.00 e. The summed E-state index contributed by atoms with van der Waals surface area (Å²) in [6, 6.07) is 10.3. The molecule has 5 heteroatoms. The largest absolute Gasteiger partial charge is 1.00 e. The monoisotopic (exact) mass is 313 g/mol. The number of ether oxygens (including phenoxy) is 1. The van der Waals surface area contributed by atoms with E-state index in [1.807, 2.05) is 18.2 Å². The molecule has 21 heavy (non-hydrogen) atoms. The number of hydrogen-bond donors (Lipinski definition) is 1. The van der Waals surface area contributed by atoms with E-state index in [2.05, 4.69) is 26.2 Å². The van der Waals surface area contributed by atoms with Gasteiger partial charge >= 0.3 is 5.97 Å². The molecule has 1 aromatic carbocycles. The van der Waals surface area contributed by atoms with E-state index in [9.17, 15) is 4.79 Å². The first-order valence-corrected chi connectivity index (χ1v) is 6.83. The summed E-state index contributed by atoms with van der Waals surface area (Å²) >= 11 is 0. The number of hydrogen-bond acceptors (Lipinski definition) is 3. The Bertz CT molecular complexity index is 458. The second-order valence-electron chi connectivity index (χ2n) is 5.47. The maximum atomic E-state index is 11.2. The Hall–Kier alpha value is -1.52. The molecule has 0 aliphatic carbocycles. The van der Waals surface area contributed by atoms with Gasteiger partial charge in [-0.25, -0.2) is 4.79 Å². The molecule has 0 fully saturated rings. The van der Waals surface area contributed by atoms with E-state index >= 15 is 0 Å². The van der Waals surface area contributed by atoms with Gasteiger partial charge in [-0.1, -0.05) is 30.3 Å². The first kappa shape index (κ1) is 19.5. The molecule has 1 N–H and O–H groups in total. The zero-order valence-corrected chi connectivity index (χ0v) is 13.6. The maximum absolute atomic E-state index is 11.2. The Morgan fingerprint density at radius 2 is 1.90 bits per heavy atom. The van der Waals surface area contributed by atoms with Gasteiger partial charge in [-0.3, -0.25) is 0 Å². The van der Waals surface area contributed by atoms with Crippen LogP contribution in [0.1, 0.15) is 18.9 Å². The van der Waals surface area contributed by atoms with E-state index in [-0.39, 0.29) is 18.2 Å². The van der Waals surface area contributed by atoms with E-state index in [0.29, 0.717) is 6.61 Å². The summed E-state index contributed by atoms with van der Waals surface area (Å²) in [5.74, 6) is -0.982. The Kier molecular flexibility index (Phi) is 8.74. The number of esters is 1. The molecule has 0 atom stereocenters. The third-order valence-corrected chi connectivity index (χ3v) is 3.08. The minimum absolute atomic E-state index is 0. The van der Waals surface area contributed by atoms with Crippen molar-refractivity contribution in [3.63, 3.8) is 0 Å². The molecule has 0 unspecified atom stereocenters. The quantitative estimate of drug-likeness (QED) is 0.246. The number of carbonyl (C=O) groups is 1. The highest BCUT2D eigenvalue weighted by Crippen LogP contribution is 2.09. The van der Waals surface area contributed by atoms with E-state index in [0.717, 1.165) is 24.0 Å². The lowest BCUT2D eigenvalue weighted by atomic mass is 10.2. The average Bonchev–Trinajstić information content (AvgIpc) is 2.43. The van der Waals surface area contributed by atoms with E-state index in [1.165, 1.54) is 11.6 Å². The standard InChI is InChI=1S/C16H23NO3.ClH/c1-4-15(18)16(19)20-12-8-11-17(2,3)13-14-9-6-5-7-10-14;/h4-7,9-10H,8,11-13H2,1-3H3;1H. The van der Waals surface area contributed by atoms with Crippen molar-refractivity contribution in [2.75, 3.05) is 27.2 Å². The molecular weight excluding hydrogens is 290 g/mol. The van der Waals surface area contributed by atoms with E-state index in [1.54, 1.807) is 6.92 Å². The highest BCUT2D eigenvalue weighted by atomic mass is 35.5. The van der Waals surface area contributed by atoms with Gasteiger partial charge < -0.3 is 26.7 Å². The summed E-state index contributed by atoms with van der Waals surface area (Å²) in [4.78, 5) is 11.2. The fraction of sp³-hybridized carbons (Fsp3) is 0.438. The summed E-state index contributed by atoms with van der Waals surface area (Å²) in [6.45, 7) is 3.76. The first-order valence-electron chi connectivity index (χ1n) is 6.83. The van der Waals surface area contributed by atoms with Gasteiger partial charge in [-0.05, 0) is 13.0 Å². The predicted octanol–water partition coefficient (Wildman–Crippen LogP) is -0.338. The molecular formula is C16H24ClNO3. The third-order valence-electron chi connectivity index (χ3n) is 3.08. The van der Waals surface area contributed by atoms with Crippen molar-refractivity contribution in [1.29, 1.82) is 0 Å². The number of quaternary nitrogens is 1. The zero-order valence-electron chi connectivity index (χ0n) is 12.9. The van der Waals surface area contributed by atoms with Crippen LogP contribution in [0.15, 0.2) is 42.2 Å². The fourth-order valence-corrected chi connectivity index (χ4v) is 2.01. The van der Waals surface area contributed by atoms with Gasteiger partial charge in [0.25, 0.3) is 0 Å². The van der Waals surface area contributed by atoms with Gasteiger partial charge in [0.1, 0.15) is 6.54 Å². The summed E-state index contributed by atoms with van der Waals surface area (Å²) < 4.78 is 5.80. The lowest BCUT2D eigenvalue weighted by Gasteiger charge is -2.29. The van der Waals surface area contributed by atoms with Gasteiger partial charge in [0, 0.05) is 12.0 Å². The lowest BCUT2D eigenvalue weighted by Crippen LogP contribution is -3.00. The Morgan fingerprint density at radius 1 is 1.29 bits per heavy atom. The van der Waals surface area contributed by atoms with Gasteiger partial charge in [-0.2, -0.15) is 0 Å². The lowest BCUT2D eigenvalue weighted by molar-refractivity contribution is -0.903. The Balaban J connectivity index is 0.00000400. The Morgan fingerprint density at radius 3 is 2.48 bits per heavy atom. The number of aliphatic hydroxyl groups is 1. The normalized spacial score (nSPS) is 11.7. The summed E-state index contributed by atoms with van der Waals surface area (Å²) in [5, 5.41) is 9.16. The van der Waals surface area contributed by atoms with Crippen molar-refractivity contribution < 1.29 is 31.5 Å². The van der Waals surface area contributed by atoms with Crippen LogP contribution in [0.2, 0.25) is 0 Å². The van der Waals surface area contributed by atoms with Crippen LogP contribution in [-0.2, 0) is 16.1 Å². The second kappa shape index (κ2) is 9.42. The molecule has 0 saturated heterocycles. The van der Waals surface area contributed by atoms with Crippen molar-refractivity contribution in [2.45, 2.75) is 19.9 Å². The van der Waals surface area contributed by atoms with Crippen molar-refractivity contribution >= 4 is 5.97 Å². The van der Waals surface area contributed by atoms with Crippen LogP contribution >= 0.6 is 0 Å². The molecule has 0 aromatic heterocycles. The number of benzene rings is 1. The number of nitrogens with zero attached hydrogens (tertiary/aromatic N) is 1. The second-order valence-corrected chi connectivity index (χ2v) is 5.47. The van der Waals surface area contributed by atoms with Crippen LogP contribution in [-0.4, -0.2) is 42.8 Å². The van der Waals surface area contributed by atoms with Gasteiger partial charge in [0.05, 0.1) is 27.2 Å². The molecule has 0 amide bonds. The number of carbonyl (C=O) groups excluding carboxylic acids is 1. The van der Waals surface area contributed by atoms with Gasteiger partial charge in [-0.15, -0.1) is 0 Å². The summed E-state index contributed by atoms with van der Waals surface area (Å²) in [5.41, 5.74) is 1.29. The van der Waals surface area contributed by atoms with Crippen molar-refractivity contribution in [3.8, 4) is 0 Å². The van der Waals surface area contributed by atoms with Crippen molar-refractivity contribution in [2.24, 2.45) is 0 Å². The average molecular weight is 314 g/mol.